The summed E-state index contributed by atoms with van der Waals surface area (Å²) >= 11 is 0. The van der Waals surface area contributed by atoms with Gasteiger partial charge < -0.3 is 10.2 Å². The third-order valence-corrected chi connectivity index (χ3v) is 8.47. The Bertz CT molecular complexity index is 1310. The van der Waals surface area contributed by atoms with Crippen molar-refractivity contribution < 1.29 is 0 Å². The second-order valence-corrected chi connectivity index (χ2v) is 11.1. The Balaban J connectivity index is 1.69. The van der Waals surface area contributed by atoms with Crippen molar-refractivity contribution in [3.05, 3.63) is 107 Å². The highest BCUT2D eigenvalue weighted by Crippen LogP contribution is 2.44. The molecule has 4 heteroatoms. The van der Waals surface area contributed by atoms with E-state index in [1.807, 2.05) is 13.0 Å². The fourth-order valence-corrected chi connectivity index (χ4v) is 6.17. The molecule has 0 bridgehead atoms. The van der Waals surface area contributed by atoms with Crippen molar-refractivity contribution >= 4 is 0 Å². The average molecular weight is 505 g/mol. The smallest absolute Gasteiger partial charge is 0.122 e. The predicted octanol–water partition coefficient (Wildman–Crippen LogP) is 7.49. The molecule has 196 valence electrons. The van der Waals surface area contributed by atoms with Gasteiger partial charge in [0.2, 0.25) is 0 Å². The van der Waals surface area contributed by atoms with E-state index in [0.29, 0.717) is 11.5 Å². The molecule has 0 aromatic heterocycles. The monoisotopic (exact) mass is 504 g/mol. The van der Waals surface area contributed by atoms with Gasteiger partial charge in [-0.25, -0.2) is 0 Å². The number of nitrogens with zero attached hydrogens (tertiary/aromatic N) is 3. The Morgan fingerprint density at radius 1 is 1.13 bits per heavy atom. The molecule has 0 fully saturated rings. The normalized spacial score (nSPS) is 31.4. The summed E-state index contributed by atoms with van der Waals surface area (Å²) < 4.78 is 0. The van der Waals surface area contributed by atoms with Crippen LogP contribution in [0.15, 0.2) is 107 Å². The highest BCUT2D eigenvalue weighted by molar-refractivity contribution is 5.60. The van der Waals surface area contributed by atoms with E-state index >= 15 is 0 Å². The summed E-state index contributed by atoms with van der Waals surface area (Å²) in [5, 5.41) is 22.6. The van der Waals surface area contributed by atoms with Crippen molar-refractivity contribution in [3.8, 4) is 12.1 Å². The minimum absolute atomic E-state index is 0.136. The molecule has 0 saturated heterocycles. The third kappa shape index (κ3) is 5.14. The molecule has 0 aromatic carbocycles. The summed E-state index contributed by atoms with van der Waals surface area (Å²) in [4.78, 5) is 2.53. The summed E-state index contributed by atoms with van der Waals surface area (Å²) in [6.45, 7) is 14.8. The van der Waals surface area contributed by atoms with Gasteiger partial charge in [-0.1, -0.05) is 69.0 Å². The number of nitrogens with one attached hydrogen (secondary N) is 1. The first-order chi connectivity index (χ1) is 18.2. The molecule has 0 amide bonds. The molecule has 2 heterocycles. The molecule has 0 aromatic rings. The first kappa shape index (κ1) is 27.3. The highest BCUT2D eigenvalue weighted by atomic mass is 15.2. The van der Waals surface area contributed by atoms with Gasteiger partial charge >= 0.3 is 0 Å². The van der Waals surface area contributed by atoms with E-state index in [1.54, 1.807) is 0 Å². The second-order valence-electron chi connectivity index (χ2n) is 11.1. The summed E-state index contributed by atoms with van der Waals surface area (Å²) in [7, 11) is 0. The van der Waals surface area contributed by atoms with Crippen LogP contribution in [0.2, 0.25) is 0 Å². The molecule has 1 N–H and O–H groups in total. The van der Waals surface area contributed by atoms with E-state index in [9.17, 15) is 10.5 Å². The van der Waals surface area contributed by atoms with Crippen molar-refractivity contribution in [1.82, 2.24) is 10.2 Å². The molecule has 0 radical (unpaired) electrons. The van der Waals surface area contributed by atoms with Crippen LogP contribution in [-0.2, 0) is 0 Å². The van der Waals surface area contributed by atoms with E-state index in [-0.39, 0.29) is 18.0 Å². The molecule has 4 aliphatic rings. The predicted molar refractivity (Wildman–Crippen MR) is 156 cm³/mol. The molecule has 2 aliphatic carbocycles. The molecule has 38 heavy (non-hydrogen) atoms. The zero-order valence-corrected chi connectivity index (χ0v) is 23.5. The topological polar surface area (TPSA) is 62.9 Å². The van der Waals surface area contributed by atoms with Crippen LogP contribution in [0, 0.1) is 34.5 Å². The van der Waals surface area contributed by atoms with Gasteiger partial charge in [0.05, 0.1) is 24.2 Å². The lowest BCUT2D eigenvalue weighted by atomic mass is 9.77. The molecular weight excluding hydrogens is 464 g/mol. The first-order valence-electron chi connectivity index (χ1n) is 13.8. The fraction of sp³-hybridized carbons (Fsp3) is 0.412. The van der Waals surface area contributed by atoms with Crippen LogP contribution in [0.25, 0.3) is 0 Å². The minimum atomic E-state index is -0.537. The Labute approximate surface area is 229 Å². The van der Waals surface area contributed by atoms with E-state index in [2.05, 4.69) is 111 Å². The molecule has 4 rings (SSSR count). The molecule has 0 spiro atoms. The van der Waals surface area contributed by atoms with Crippen LogP contribution in [0.4, 0.5) is 0 Å². The van der Waals surface area contributed by atoms with Crippen LogP contribution < -0.4 is 5.32 Å². The largest absolute Gasteiger partial charge is 0.367 e. The Kier molecular flexibility index (Phi) is 8.13. The van der Waals surface area contributed by atoms with Crippen LogP contribution >= 0.6 is 0 Å². The Hall–Kier alpha value is -3.76. The van der Waals surface area contributed by atoms with Gasteiger partial charge in [0.25, 0.3) is 0 Å². The van der Waals surface area contributed by atoms with E-state index < -0.39 is 5.54 Å². The number of nitriles is 2. The van der Waals surface area contributed by atoms with Crippen molar-refractivity contribution in [1.29, 1.82) is 10.5 Å². The second kappa shape index (κ2) is 11.3. The van der Waals surface area contributed by atoms with Crippen molar-refractivity contribution in [2.75, 3.05) is 0 Å². The van der Waals surface area contributed by atoms with E-state index in [0.717, 1.165) is 31.4 Å². The van der Waals surface area contributed by atoms with Crippen molar-refractivity contribution in [3.63, 3.8) is 0 Å². The number of rotatable bonds is 6. The molecule has 5 atom stereocenters. The molecule has 4 nitrogen and oxygen atoms in total. The van der Waals surface area contributed by atoms with Gasteiger partial charge in [0, 0.05) is 34.4 Å². The minimum Gasteiger partial charge on any atom is -0.367 e. The summed E-state index contributed by atoms with van der Waals surface area (Å²) in [6.07, 6.45) is 25.9. The third-order valence-electron chi connectivity index (χ3n) is 8.47. The lowest BCUT2D eigenvalue weighted by Gasteiger charge is -2.41. The number of allylic oxidation sites excluding steroid dienone is 10. The average Bonchev–Trinajstić information content (AvgIpc) is 3.16. The van der Waals surface area contributed by atoms with Crippen LogP contribution in [0.5, 0.6) is 0 Å². The summed E-state index contributed by atoms with van der Waals surface area (Å²) in [5.41, 5.74) is 7.48. The molecule has 0 saturated carbocycles. The Morgan fingerprint density at radius 3 is 2.55 bits per heavy atom. The van der Waals surface area contributed by atoms with E-state index in [4.69, 9.17) is 0 Å². The van der Waals surface area contributed by atoms with Crippen LogP contribution in [-0.4, -0.2) is 22.5 Å². The molecule has 5 unspecified atom stereocenters. The van der Waals surface area contributed by atoms with Gasteiger partial charge in [-0.3, -0.25) is 0 Å². The quantitative estimate of drug-likeness (QED) is 0.301. The maximum atomic E-state index is 9.77. The van der Waals surface area contributed by atoms with Gasteiger partial charge in [0.1, 0.15) is 5.54 Å². The lowest BCUT2D eigenvalue weighted by Crippen LogP contribution is -2.44. The lowest BCUT2D eigenvalue weighted by molar-refractivity contribution is 0.215. The molecule has 2 aliphatic heterocycles. The fourth-order valence-electron chi connectivity index (χ4n) is 6.17. The van der Waals surface area contributed by atoms with Gasteiger partial charge in [-0.15, -0.1) is 0 Å². The standard InChI is InChI=1S/C34H40N4/c1-7-12-31-24(3)25(4)33(19-18-23(2)21-35)38(31)32-17-10-15-27(26(32)5)28-13-8-9-14-29(28)30-16-11-20-34(6,22-36)37-30/h7,10,12-19,25-26,32-33,37H,2,8-9,11,20H2,1,3-6H3/b12-7-,19-18-. The van der Waals surface area contributed by atoms with Gasteiger partial charge in [0.15, 0.2) is 0 Å². The van der Waals surface area contributed by atoms with Gasteiger partial charge in [-0.05, 0) is 75.3 Å². The Morgan fingerprint density at radius 2 is 1.87 bits per heavy atom. The van der Waals surface area contributed by atoms with Gasteiger partial charge in [-0.2, -0.15) is 10.5 Å². The number of hydrogen-bond acceptors (Lipinski definition) is 4. The zero-order chi connectivity index (χ0) is 27.4. The van der Waals surface area contributed by atoms with Crippen molar-refractivity contribution in [2.24, 2.45) is 11.8 Å². The zero-order valence-electron chi connectivity index (χ0n) is 23.5. The maximum absolute atomic E-state index is 9.77. The highest BCUT2D eigenvalue weighted by Gasteiger charge is 2.40. The summed E-state index contributed by atoms with van der Waals surface area (Å²) in [5.74, 6) is 0.566. The van der Waals surface area contributed by atoms with Crippen molar-refractivity contribution in [2.45, 2.75) is 77.9 Å². The SMILES string of the molecule is C=C(C#N)/C=C\C1C(C)C(C)=C(/C=C\C)N1C1C=CC=C(C2=CCCC=C2C2=CCCC(C)(C#N)N2)C1C. The first-order valence-corrected chi connectivity index (χ1v) is 13.8. The van der Waals surface area contributed by atoms with Crippen LogP contribution in [0.3, 0.4) is 0 Å². The van der Waals surface area contributed by atoms with Crippen LogP contribution in [0.1, 0.15) is 60.3 Å². The number of hydrogen-bond donors (Lipinski definition) is 1. The summed E-state index contributed by atoms with van der Waals surface area (Å²) in [6, 6.07) is 4.93. The van der Waals surface area contributed by atoms with E-state index in [1.165, 1.54) is 28.0 Å². The molecular formula is C34H40N4. The maximum Gasteiger partial charge on any atom is 0.122 e.